The first kappa shape index (κ1) is 9.63. The van der Waals surface area contributed by atoms with Crippen LogP contribution in [0.15, 0.2) is 11.6 Å². The first-order valence-corrected chi connectivity index (χ1v) is 3.61. The molecule has 5 heteroatoms. The van der Waals surface area contributed by atoms with Gasteiger partial charge < -0.3 is 25.5 Å². The van der Waals surface area contributed by atoms with E-state index in [1.54, 1.807) is 0 Å². The number of rotatable bonds is 1. The maximum atomic E-state index is 9.18. The Morgan fingerprint density at radius 1 is 1.08 bits per heavy atom. The van der Waals surface area contributed by atoms with Crippen LogP contribution in [0.4, 0.5) is 0 Å². The molecule has 0 aromatic rings. The van der Waals surface area contributed by atoms with Crippen LogP contribution in [0.5, 0.6) is 0 Å². The summed E-state index contributed by atoms with van der Waals surface area (Å²) in [6.45, 7) is -0.442. The van der Waals surface area contributed by atoms with E-state index < -0.39 is 31.0 Å². The lowest BCUT2D eigenvalue weighted by molar-refractivity contribution is -0.0948. The molecule has 0 aliphatic heterocycles. The van der Waals surface area contributed by atoms with E-state index in [0.717, 1.165) is 6.08 Å². The molecule has 0 fully saturated rings. The lowest BCUT2D eigenvalue weighted by Gasteiger charge is -2.31. The Labute approximate surface area is 69.2 Å². The average Bonchev–Trinajstić information content (AvgIpc) is 2.08. The second kappa shape index (κ2) is 3.51. The maximum Gasteiger partial charge on any atom is 0.112 e. The van der Waals surface area contributed by atoms with Gasteiger partial charge in [-0.3, -0.25) is 0 Å². The van der Waals surface area contributed by atoms with E-state index in [0.29, 0.717) is 0 Å². The molecule has 0 amide bonds. The Bertz CT molecular complexity index is 190. The highest BCUT2D eigenvalue weighted by Gasteiger charge is 2.35. The molecule has 1 aliphatic rings. The Morgan fingerprint density at radius 3 is 2.17 bits per heavy atom. The van der Waals surface area contributed by atoms with E-state index in [4.69, 9.17) is 20.4 Å². The number of aliphatic hydroxyl groups is 5. The van der Waals surface area contributed by atoms with E-state index in [-0.39, 0.29) is 5.57 Å². The van der Waals surface area contributed by atoms with Crippen molar-refractivity contribution in [3.05, 3.63) is 11.6 Å². The average molecular weight is 176 g/mol. The Balaban J connectivity index is 2.84. The Kier molecular flexibility index (Phi) is 2.81. The molecular weight excluding hydrogens is 164 g/mol. The molecule has 1 aliphatic carbocycles. The van der Waals surface area contributed by atoms with Crippen molar-refractivity contribution in [1.29, 1.82) is 0 Å². The second-order valence-electron chi connectivity index (χ2n) is 2.82. The summed E-state index contributed by atoms with van der Waals surface area (Å²) in [5.74, 6) is 0. The van der Waals surface area contributed by atoms with Crippen LogP contribution >= 0.6 is 0 Å². The fraction of sp³-hybridized carbons (Fsp3) is 0.714. The second-order valence-corrected chi connectivity index (χ2v) is 2.82. The molecule has 0 aromatic heterocycles. The molecule has 0 heterocycles. The van der Waals surface area contributed by atoms with Gasteiger partial charge in [0.2, 0.25) is 0 Å². The highest BCUT2D eigenvalue weighted by molar-refractivity contribution is 5.19. The van der Waals surface area contributed by atoms with Gasteiger partial charge in [0.05, 0.1) is 6.61 Å². The monoisotopic (exact) mass is 176 g/mol. The lowest BCUT2D eigenvalue weighted by Crippen LogP contribution is -2.48. The smallest absolute Gasteiger partial charge is 0.112 e. The molecule has 1 rings (SSSR count). The van der Waals surface area contributed by atoms with Gasteiger partial charge in [0.1, 0.15) is 24.4 Å². The minimum atomic E-state index is -1.44. The topological polar surface area (TPSA) is 101 Å². The first-order valence-electron chi connectivity index (χ1n) is 3.61. The van der Waals surface area contributed by atoms with Gasteiger partial charge in [0.15, 0.2) is 0 Å². The normalized spacial score (nSPS) is 42.6. The molecule has 0 unspecified atom stereocenters. The summed E-state index contributed by atoms with van der Waals surface area (Å²) >= 11 is 0. The number of hydrogen-bond acceptors (Lipinski definition) is 5. The minimum absolute atomic E-state index is 0.125. The lowest BCUT2D eigenvalue weighted by atomic mass is 9.90. The summed E-state index contributed by atoms with van der Waals surface area (Å²) in [7, 11) is 0. The molecule has 0 saturated carbocycles. The van der Waals surface area contributed by atoms with E-state index in [1.807, 2.05) is 0 Å². The zero-order valence-electron chi connectivity index (χ0n) is 6.33. The molecule has 0 aromatic carbocycles. The molecule has 0 spiro atoms. The van der Waals surface area contributed by atoms with Gasteiger partial charge in [-0.25, -0.2) is 0 Å². The van der Waals surface area contributed by atoms with Crippen molar-refractivity contribution in [2.24, 2.45) is 0 Å². The number of aliphatic hydroxyl groups excluding tert-OH is 5. The Morgan fingerprint density at radius 2 is 1.67 bits per heavy atom. The molecule has 12 heavy (non-hydrogen) atoms. The predicted octanol–water partition coefficient (Wildman–Crippen LogP) is -2.64. The van der Waals surface area contributed by atoms with Crippen molar-refractivity contribution < 1.29 is 25.5 Å². The van der Waals surface area contributed by atoms with Gasteiger partial charge in [0.25, 0.3) is 0 Å². The van der Waals surface area contributed by atoms with E-state index in [9.17, 15) is 5.11 Å². The standard InChI is InChI=1S/C7H12O5/c8-2-3-1-4(9)6(11)7(12)5(3)10/h1,4-12H,2H2/t4-,5-,6+,7+/m1/s1. The molecule has 5 nitrogen and oxygen atoms in total. The summed E-state index contributed by atoms with van der Waals surface area (Å²) in [6, 6.07) is 0. The maximum absolute atomic E-state index is 9.18. The third kappa shape index (κ3) is 1.50. The van der Waals surface area contributed by atoms with Crippen molar-refractivity contribution in [2.75, 3.05) is 6.61 Å². The van der Waals surface area contributed by atoms with Crippen molar-refractivity contribution in [2.45, 2.75) is 24.4 Å². The summed E-state index contributed by atoms with van der Waals surface area (Å²) in [5, 5.41) is 45.0. The zero-order valence-corrected chi connectivity index (χ0v) is 6.33. The van der Waals surface area contributed by atoms with Crippen LogP contribution in [0.1, 0.15) is 0 Å². The fourth-order valence-electron chi connectivity index (χ4n) is 1.17. The van der Waals surface area contributed by atoms with Crippen molar-refractivity contribution in [3.63, 3.8) is 0 Å². The third-order valence-corrected chi connectivity index (χ3v) is 1.97. The van der Waals surface area contributed by atoms with Gasteiger partial charge >= 0.3 is 0 Å². The molecule has 0 saturated heterocycles. The van der Waals surface area contributed by atoms with E-state index >= 15 is 0 Å². The first-order chi connectivity index (χ1) is 5.57. The van der Waals surface area contributed by atoms with Crippen LogP contribution in [-0.2, 0) is 0 Å². The Hall–Kier alpha value is -0.460. The van der Waals surface area contributed by atoms with Crippen LogP contribution in [0.2, 0.25) is 0 Å². The molecule has 0 bridgehead atoms. The zero-order chi connectivity index (χ0) is 9.30. The fourth-order valence-corrected chi connectivity index (χ4v) is 1.17. The summed E-state index contributed by atoms with van der Waals surface area (Å²) in [6.07, 6.45) is -4.22. The van der Waals surface area contributed by atoms with E-state index in [2.05, 4.69) is 0 Å². The van der Waals surface area contributed by atoms with Crippen LogP contribution in [-0.4, -0.2) is 56.6 Å². The van der Waals surface area contributed by atoms with Crippen LogP contribution in [0.3, 0.4) is 0 Å². The third-order valence-electron chi connectivity index (χ3n) is 1.97. The van der Waals surface area contributed by atoms with Gasteiger partial charge in [-0.2, -0.15) is 0 Å². The van der Waals surface area contributed by atoms with Crippen molar-refractivity contribution in [1.82, 2.24) is 0 Å². The van der Waals surface area contributed by atoms with Gasteiger partial charge in [-0.1, -0.05) is 0 Å². The molecule has 0 radical (unpaired) electrons. The molecule has 5 N–H and O–H groups in total. The van der Waals surface area contributed by atoms with Crippen LogP contribution < -0.4 is 0 Å². The molecular formula is C7H12O5. The summed E-state index contributed by atoms with van der Waals surface area (Å²) in [4.78, 5) is 0. The molecule has 4 atom stereocenters. The van der Waals surface area contributed by atoms with Crippen LogP contribution in [0, 0.1) is 0 Å². The largest absolute Gasteiger partial charge is 0.392 e. The predicted molar refractivity (Wildman–Crippen MR) is 39.2 cm³/mol. The molecule has 70 valence electrons. The van der Waals surface area contributed by atoms with Gasteiger partial charge in [0, 0.05) is 0 Å². The van der Waals surface area contributed by atoms with Crippen molar-refractivity contribution >= 4 is 0 Å². The van der Waals surface area contributed by atoms with Gasteiger partial charge in [-0.05, 0) is 11.6 Å². The van der Waals surface area contributed by atoms with Gasteiger partial charge in [-0.15, -0.1) is 0 Å². The highest BCUT2D eigenvalue weighted by atomic mass is 16.4. The highest BCUT2D eigenvalue weighted by Crippen LogP contribution is 2.19. The van der Waals surface area contributed by atoms with Crippen LogP contribution in [0.25, 0.3) is 0 Å². The summed E-state index contributed by atoms with van der Waals surface area (Å²) < 4.78 is 0. The number of hydrogen-bond donors (Lipinski definition) is 5. The SMILES string of the molecule is OCC1=C[C@@H](O)[C@H](O)[C@@H](O)[C@@H]1O. The van der Waals surface area contributed by atoms with E-state index in [1.165, 1.54) is 0 Å². The quantitative estimate of drug-likeness (QED) is 0.281. The van der Waals surface area contributed by atoms with Crippen molar-refractivity contribution in [3.8, 4) is 0 Å². The minimum Gasteiger partial charge on any atom is -0.392 e. The summed E-state index contributed by atoms with van der Waals surface area (Å²) in [5.41, 5.74) is 0.125.